The Morgan fingerprint density at radius 1 is 1.30 bits per heavy atom. The summed E-state index contributed by atoms with van der Waals surface area (Å²) in [5, 5.41) is 2.80. The van der Waals surface area contributed by atoms with Crippen molar-refractivity contribution in [3.63, 3.8) is 0 Å². The second kappa shape index (κ2) is 6.62. The van der Waals surface area contributed by atoms with Crippen LogP contribution in [-0.2, 0) is 25.5 Å². The number of hydrogen-bond donors (Lipinski definition) is 1. The number of rotatable bonds is 3. The molecule has 2 saturated heterocycles. The van der Waals surface area contributed by atoms with Crippen LogP contribution in [0.1, 0.15) is 5.56 Å². The molecule has 0 aromatic heterocycles. The number of methoxy groups -OCH3 is 1. The van der Waals surface area contributed by atoms with Gasteiger partial charge < -0.3 is 15.0 Å². The molecule has 1 aromatic rings. The van der Waals surface area contributed by atoms with Gasteiger partial charge in [-0.05, 0) is 5.56 Å². The van der Waals surface area contributed by atoms with Crippen LogP contribution in [0.15, 0.2) is 30.3 Å². The molecule has 2 amide bonds. The fraction of sp³-hybridized carbons (Fsp3) is 0.438. The van der Waals surface area contributed by atoms with Crippen LogP contribution in [0.25, 0.3) is 0 Å². The van der Waals surface area contributed by atoms with Crippen molar-refractivity contribution in [2.75, 3.05) is 18.6 Å². The largest absolute Gasteiger partial charge is 0.467 e. The van der Waals surface area contributed by atoms with Crippen LogP contribution in [-0.4, -0.2) is 59.4 Å². The Balaban J connectivity index is 1.84. The number of nitrogens with one attached hydrogen (secondary N) is 1. The number of ether oxygens (including phenoxy) is 1. The number of thioether (sulfide) groups is 1. The van der Waals surface area contributed by atoms with Gasteiger partial charge in [-0.15, -0.1) is 0 Å². The van der Waals surface area contributed by atoms with Crippen molar-refractivity contribution in [1.82, 2.24) is 10.2 Å². The van der Waals surface area contributed by atoms with Crippen molar-refractivity contribution >= 4 is 29.5 Å². The van der Waals surface area contributed by atoms with Crippen molar-refractivity contribution < 1.29 is 19.1 Å². The third kappa shape index (κ3) is 3.06. The monoisotopic (exact) mass is 334 g/mol. The lowest BCUT2D eigenvalue weighted by molar-refractivity contribution is -0.160. The molecule has 2 aliphatic heterocycles. The van der Waals surface area contributed by atoms with Gasteiger partial charge in [-0.3, -0.25) is 9.59 Å². The zero-order chi connectivity index (χ0) is 16.4. The van der Waals surface area contributed by atoms with E-state index in [1.807, 2.05) is 30.3 Å². The zero-order valence-corrected chi connectivity index (χ0v) is 13.5. The molecule has 1 N–H and O–H groups in total. The highest BCUT2D eigenvalue weighted by Crippen LogP contribution is 2.27. The highest BCUT2D eigenvalue weighted by molar-refractivity contribution is 7.99. The topological polar surface area (TPSA) is 75.7 Å². The second-order valence-electron chi connectivity index (χ2n) is 5.59. The van der Waals surface area contributed by atoms with E-state index < -0.39 is 24.1 Å². The SMILES string of the molecule is COC(=O)[C@H]1CSC[C@H]2C(=O)N[C@@H](Cc3ccccc3)C(=O)N12. The fourth-order valence-corrected chi connectivity index (χ4v) is 4.18. The summed E-state index contributed by atoms with van der Waals surface area (Å²) in [7, 11) is 1.30. The van der Waals surface area contributed by atoms with E-state index >= 15 is 0 Å². The maximum Gasteiger partial charge on any atom is 0.329 e. The Morgan fingerprint density at radius 3 is 2.74 bits per heavy atom. The van der Waals surface area contributed by atoms with Crippen molar-refractivity contribution in [2.24, 2.45) is 0 Å². The standard InChI is InChI=1S/C16H18N2O4S/c1-22-16(21)13-9-23-8-12-14(19)17-11(15(20)18(12)13)7-10-5-3-2-4-6-10/h2-6,11-13H,7-9H2,1H3,(H,17,19)/t11-,12-,13+/m0/s1. The minimum atomic E-state index is -0.694. The molecule has 23 heavy (non-hydrogen) atoms. The smallest absolute Gasteiger partial charge is 0.329 e. The average Bonchev–Trinajstić information content (AvgIpc) is 2.59. The summed E-state index contributed by atoms with van der Waals surface area (Å²) < 4.78 is 4.80. The number of amides is 2. The van der Waals surface area contributed by atoms with Crippen LogP contribution < -0.4 is 5.32 Å². The van der Waals surface area contributed by atoms with E-state index in [0.717, 1.165) is 5.56 Å². The van der Waals surface area contributed by atoms with Crippen molar-refractivity contribution in [2.45, 2.75) is 24.5 Å². The zero-order valence-electron chi connectivity index (χ0n) is 12.7. The molecule has 6 nitrogen and oxygen atoms in total. The maximum absolute atomic E-state index is 12.8. The molecule has 0 saturated carbocycles. The Kier molecular flexibility index (Phi) is 4.56. The first-order valence-electron chi connectivity index (χ1n) is 7.44. The lowest BCUT2D eigenvalue weighted by atomic mass is 9.99. The third-order valence-electron chi connectivity index (χ3n) is 4.15. The van der Waals surface area contributed by atoms with E-state index in [9.17, 15) is 14.4 Å². The molecule has 7 heteroatoms. The number of esters is 1. The van der Waals surface area contributed by atoms with Gasteiger partial charge in [0.05, 0.1) is 7.11 Å². The number of carbonyl (C=O) groups is 3. The Labute approximate surface area is 138 Å². The van der Waals surface area contributed by atoms with Crippen LogP contribution >= 0.6 is 11.8 Å². The van der Waals surface area contributed by atoms with Gasteiger partial charge in [-0.2, -0.15) is 11.8 Å². The second-order valence-corrected chi connectivity index (χ2v) is 6.66. The van der Waals surface area contributed by atoms with Crippen LogP contribution in [0.4, 0.5) is 0 Å². The van der Waals surface area contributed by atoms with E-state index in [2.05, 4.69) is 5.32 Å². The van der Waals surface area contributed by atoms with E-state index in [0.29, 0.717) is 17.9 Å². The molecule has 1 aromatic carbocycles. The highest BCUT2D eigenvalue weighted by atomic mass is 32.2. The van der Waals surface area contributed by atoms with Crippen LogP contribution in [0.5, 0.6) is 0 Å². The van der Waals surface area contributed by atoms with E-state index in [-0.39, 0.29) is 11.8 Å². The number of hydrogen-bond acceptors (Lipinski definition) is 5. The van der Waals surface area contributed by atoms with Gasteiger partial charge in [0.2, 0.25) is 11.8 Å². The molecule has 0 unspecified atom stereocenters. The Morgan fingerprint density at radius 2 is 2.04 bits per heavy atom. The van der Waals surface area contributed by atoms with Crippen molar-refractivity contribution in [3.05, 3.63) is 35.9 Å². The van der Waals surface area contributed by atoms with E-state index in [4.69, 9.17) is 4.74 Å². The molecular formula is C16H18N2O4S. The quantitative estimate of drug-likeness (QED) is 0.800. The molecular weight excluding hydrogens is 316 g/mol. The van der Waals surface area contributed by atoms with Crippen LogP contribution in [0, 0.1) is 0 Å². The van der Waals surface area contributed by atoms with Gasteiger partial charge in [0, 0.05) is 17.9 Å². The minimum absolute atomic E-state index is 0.202. The number of piperazine rings is 1. The number of carbonyl (C=O) groups excluding carboxylic acids is 3. The maximum atomic E-state index is 12.8. The molecule has 2 heterocycles. The lowest BCUT2D eigenvalue weighted by Gasteiger charge is -2.44. The normalized spacial score (nSPS) is 27.2. The van der Waals surface area contributed by atoms with Gasteiger partial charge in [-0.1, -0.05) is 30.3 Å². The molecule has 0 radical (unpaired) electrons. The lowest BCUT2D eigenvalue weighted by Crippen LogP contribution is -2.70. The van der Waals surface area contributed by atoms with Crippen molar-refractivity contribution in [3.8, 4) is 0 Å². The Hall–Kier alpha value is -2.02. The molecule has 122 valence electrons. The minimum Gasteiger partial charge on any atom is -0.467 e. The summed E-state index contributed by atoms with van der Waals surface area (Å²) in [6, 6.07) is 7.57. The first kappa shape index (κ1) is 15.9. The van der Waals surface area contributed by atoms with Gasteiger partial charge in [-0.25, -0.2) is 4.79 Å². The molecule has 0 aliphatic carbocycles. The van der Waals surface area contributed by atoms with Gasteiger partial charge in [0.1, 0.15) is 18.1 Å². The summed E-state index contributed by atoms with van der Waals surface area (Å²) in [5.74, 6) is 0.0770. The number of fused-ring (bicyclic) bond motifs is 1. The van der Waals surface area contributed by atoms with Crippen LogP contribution in [0.2, 0.25) is 0 Å². The van der Waals surface area contributed by atoms with Gasteiger partial charge in [0.25, 0.3) is 0 Å². The van der Waals surface area contributed by atoms with Gasteiger partial charge in [0.15, 0.2) is 0 Å². The summed E-state index contributed by atoms with van der Waals surface area (Å²) in [5.41, 5.74) is 0.964. The number of benzene rings is 1. The van der Waals surface area contributed by atoms with E-state index in [1.54, 1.807) is 0 Å². The fourth-order valence-electron chi connectivity index (χ4n) is 2.99. The highest BCUT2D eigenvalue weighted by Gasteiger charge is 2.48. The van der Waals surface area contributed by atoms with E-state index in [1.165, 1.54) is 23.8 Å². The molecule has 0 bridgehead atoms. The summed E-state index contributed by atoms with van der Waals surface area (Å²) in [6.07, 6.45) is 0.412. The van der Waals surface area contributed by atoms with Crippen molar-refractivity contribution in [1.29, 1.82) is 0 Å². The molecule has 2 fully saturated rings. The number of nitrogens with zero attached hydrogens (tertiary/aromatic N) is 1. The summed E-state index contributed by atoms with van der Waals surface area (Å²) >= 11 is 1.49. The first-order chi connectivity index (χ1) is 11.1. The Bertz CT molecular complexity index is 622. The average molecular weight is 334 g/mol. The summed E-state index contributed by atoms with van der Waals surface area (Å²) in [6.45, 7) is 0. The van der Waals surface area contributed by atoms with Crippen LogP contribution in [0.3, 0.4) is 0 Å². The predicted octanol–water partition coefficient (Wildman–Crippen LogP) is 0.213. The molecule has 0 spiro atoms. The summed E-state index contributed by atoms with van der Waals surface area (Å²) in [4.78, 5) is 38.6. The third-order valence-corrected chi connectivity index (χ3v) is 5.25. The molecule has 3 atom stereocenters. The molecule has 2 aliphatic rings. The van der Waals surface area contributed by atoms with Gasteiger partial charge >= 0.3 is 5.97 Å². The predicted molar refractivity (Wildman–Crippen MR) is 85.8 cm³/mol. The first-order valence-corrected chi connectivity index (χ1v) is 8.59. The molecule has 3 rings (SSSR count).